The number of carbonyl (C=O) groups excluding carboxylic acids is 2. The average Bonchev–Trinajstić information content (AvgIpc) is 4.06. The molecule has 0 spiro atoms. The molecule has 2 aromatic rings. The number of carboxylic acids is 1. The quantitative estimate of drug-likeness (QED) is 0.256. The molecule has 6 aliphatic carbocycles. The molecular formula is C50H70N4O5. The second-order valence-electron chi connectivity index (χ2n) is 21.8. The molecule has 2 aliphatic heterocycles. The summed E-state index contributed by atoms with van der Waals surface area (Å²) in [6, 6.07) is 11.1. The highest BCUT2D eigenvalue weighted by atomic mass is 16.5. The molecular weight excluding hydrogens is 737 g/mol. The minimum atomic E-state index is -0.793. The van der Waals surface area contributed by atoms with E-state index in [-0.39, 0.29) is 46.2 Å². The molecule has 1 amide bonds. The van der Waals surface area contributed by atoms with E-state index in [1.165, 1.54) is 56.9 Å². The van der Waals surface area contributed by atoms with Crippen LogP contribution in [0.15, 0.2) is 36.5 Å². The van der Waals surface area contributed by atoms with Gasteiger partial charge in [-0.1, -0.05) is 64.4 Å². The Morgan fingerprint density at radius 3 is 2.37 bits per heavy atom. The van der Waals surface area contributed by atoms with E-state index in [2.05, 4.69) is 65.9 Å². The standard InChI is InChI=1S/C50H70N4O5/c1-30-35(45(55)56)27-36(30)46(57)59-42-20-23-48(3)37(31(42)2)18-22-49(4)38-19-24-50(21-8-14-39(50)34(38)16-17-43(48)49)47(58)54-26-9-13-33(54)29-53-25-10-15-41(53)44-51-28-40(52-44)32-11-6-5-7-12-32/h5-7,11-12,28,30-31,33-39,41-43H,8-10,13-27,29H2,1-4H3,(H,51,52)(H,55,56). The van der Waals surface area contributed by atoms with Crippen LogP contribution in [0.4, 0.5) is 0 Å². The molecule has 2 saturated heterocycles. The first-order valence-electron chi connectivity index (χ1n) is 24.0. The Morgan fingerprint density at radius 2 is 1.58 bits per heavy atom. The van der Waals surface area contributed by atoms with Crippen LogP contribution in [0.1, 0.15) is 142 Å². The second kappa shape index (κ2) is 15.0. The summed E-state index contributed by atoms with van der Waals surface area (Å²) in [5, 5.41) is 9.48. The van der Waals surface area contributed by atoms with Crippen molar-refractivity contribution in [3.8, 4) is 11.3 Å². The van der Waals surface area contributed by atoms with Gasteiger partial charge < -0.3 is 19.7 Å². The van der Waals surface area contributed by atoms with E-state index in [0.717, 1.165) is 76.1 Å². The Labute approximate surface area is 352 Å². The third kappa shape index (κ3) is 6.29. The maximum atomic E-state index is 15.3. The van der Waals surface area contributed by atoms with E-state index in [9.17, 15) is 14.7 Å². The number of carboxylic acid groups (broad SMARTS) is 1. The third-order valence-corrected chi connectivity index (χ3v) is 19.6. The number of nitrogens with zero attached hydrogens (tertiary/aromatic N) is 3. The van der Waals surface area contributed by atoms with Crippen molar-refractivity contribution in [2.45, 2.75) is 149 Å². The van der Waals surface area contributed by atoms with Crippen molar-refractivity contribution >= 4 is 17.8 Å². The van der Waals surface area contributed by atoms with E-state index >= 15 is 4.79 Å². The summed E-state index contributed by atoms with van der Waals surface area (Å²) in [6.07, 6.45) is 19.6. The SMILES string of the molecule is CC1C(C(=O)O)CC1C(=O)OC1CCC2(C)C(CCC3(C)C4CCC5(C(=O)N6CCCC6CN6CCCC6c6ncc(-c7ccccc7)[nH]6)CCCC5C4CCC23)C1C. The number of hydrogen-bond donors (Lipinski definition) is 2. The minimum Gasteiger partial charge on any atom is -0.481 e. The number of ether oxygens (including phenoxy) is 1. The number of aromatic nitrogens is 2. The van der Waals surface area contributed by atoms with Crippen molar-refractivity contribution < 1.29 is 24.2 Å². The number of H-pyrrole nitrogens is 1. The molecule has 320 valence electrons. The molecule has 15 unspecified atom stereocenters. The highest BCUT2D eigenvalue weighted by Crippen LogP contribution is 2.72. The number of benzene rings is 1. The number of aliphatic carboxylic acids is 1. The first kappa shape index (κ1) is 39.9. The summed E-state index contributed by atoms with van der Waals surface area (Å²) in [7, 11) is 0. The molecule has 1 aromatic carbocycles. The molecule has 0 radical (unpaired) electrons. The molecule has 8 aliphatic rings. The zero-order valence-electron chi connectivity index (χ0n) is 36.2. The maximum Gasteiger partial charge on any atom is 0.309 e. The molecule has 8 fully saturated rings. The van der Waals surface area contributed by atoms with E-state index < -0.39 is 11.9 Å². The number of hydrogen-bond acceptors (Lipinski definition) is 6. The Bertz CT molecular complexity index is 1920. The van der Waals surface area contributed by atoms with Crippen molar-refractivity contribution in [2.24, 2.45) is 69.5 Å². The van der Waals surface area contributed by atoms with Gasteiger partial charge in [-0.05, 0) is 161 Å². The van der Waals surface area contributed by atoms with Crippen molar-refractivity contribution in [1.29, 1.82) is 0 Å². The fourth-order valence-electron chi connectivity index (χ4n) is 16.5. The fraction of sp³-hybridized carbons (Fsp3) is 0.760. The van der Waals surface area contributed by atoms with E-state index in [4.69, 9.17) is 9.72 Å². The highest BCUT2D eigenvalue weighted by Gasteiger charge is 2.66. The van der Waals surface area contributed by atoms with Crippen LogP contribution in [0.25, 0.3) is 11.3 Å². The van der Waals surface area contributed by atoms with Gasteiger partial charge in [0.05, 0.1) is 35.2 Å². The zero-order valence-corrected chi connectivity index (χ0v) is 36.2. The lowest BCUT2D eigenvalue weighted by atomic mass is 9.37. The number of amides is 1. The lowest BCUT2D eigenvalue weighted by molar-refractivity contribution is -0.206. The lowest BCUT2D eigenvalue weighted by Gasteiger charge is -2.67. The summed E-state index contributed by atoms with van der Waals surface area (Å²) < 4.78 is 6.28. The molecule has 2 N–H and O–H groups in total. The van der Waals surface area contributed by atoms with Crippen LogP contribution in [-0.2, 0) is 19.1 Å². The number of nitrogens with one attached hydrogen (secondary N) is 1. The van der Waals surface area contributed by atoms with Crippen LogP contribution in [0.2, 0.25) is 0 Å². The molecule has 9 heteroatoms. The molecule has 9 nitrogen and oxygen atoms in total. The lowest BCUT2D eigenvalue weighted by Crippen LogP contribution is -2.62. The van der Waals surface area contributed by atoms with Crippen molar-refractivity contribution in [1.82, 2.24) is 19.8 Å². The number of carbonyl (C=O) groups is 3. The van der Waals surface area contributed by atoms with Gasteiger partial charge in [0.2, 0.25) is 5.91 Å². The smallest absolute Gasteiger partial charge is 0.309 e. The third-order valence-electron chi connectivity index (χ3n) is 19.6. The van der Waals surface area contributed by atoms with E-state index in [1.54, 1.807) is 0 Å². The van der Waals surface area contributed by atoms with E-state index in [0.29, 0.717) is 53.9 Å². The maximum absolute atomic E-state index is 15.3. The van der Waals surface area contributed by atoms with Gasteiger partial charge in [-0.3, -0.25) is 19.3 Å². The van der Waals surface area contributed by atoms with Gasteiger partial charge in [-0.25, -0.2) is 4.98 Å². The molecule has 1 aromatic heterocycles. The van der Waals surface area contributed by atoms with Crippen molar-refractivity contribution in [2.75, 3.05) is 19.6 Å². The molecule has 3 heterocycles. The number of esters is 1. The van der Waals surface area contributed by atoms with Crippen molar-refractivity contribution in [3.63, 3.8) is 0 Å². The molecule has 10 rings (SSSR count). The fourth-order valence-corrected chi connectivity index (χ4v) is 16.5. The summed E-state index contributed by atoms with van der Waals surface area (Å²) in [4.78, 5) is 53.7. The van der Waals surface area contributed by atoms with Crippen LogP contribution in [0.3, 0.4) is 0 Å². The predicted molar refractivity (Wildman–Crippen MR) is 227 cm³/mol. The minimum absolute atomic E-state index is 0.0689. The van der Waals surface area contributed by atoms with Gasteiger partial charge in [0, 0.05) is 19.1 Å². The monoisotopic (exact) mass is 807 g/mol. The van der Waals surface area contributed by atoms with Gasteiger partial charge in [0.25, 0.3) is 0 Å². The summed E-state index contributed by atoms with van der Waals surface area (Å²) in [6.45, 7) is 12.4. The topological polar surface area (TPSA) is 116 Å². The molecule has 59 heavy (non-hydrogen) atoms. The Morgan fingerprint density at radius 1 is 0.814 bits per heavy atom. The average molecular weight is 807 g/mol. The van der Waals surface area contributed by atoms with Crippen LogP contribution < -0.4 is 0 Å². The molecule has 15 atom stereocenters. The van der Waals surface area contributed by atoms with Crippen LogP contribution in [-0.4, -0.2) is 74.5 Å². The first-order chi connectivity index (χ1) is 28.4. The van der Waals surface area contributed by atoms with E-state index in [1.807, 2.05) is 13.1 Å². The van der Waals surface area contributed by atoms with Gasteiger partial charge in [0.1, 0.15) is 11.9 Å². The van der Waals surface area contributed by atoms with Crippen LogP contribution in [0, 0.1) is 69.5 Å². The number of aromatic amines is 1. The summed E-state index contributed by atoms with van der Waals surface area (Å²) >= 11 is 0. The zero-order chi connectivity index (χ0) is 40.8. The van der Waals surface area contributed by atoms with Gasteiger partial charge in [-0.15, -0.1) is 0 Å². The molecule has 6 saturated carbocycles. The largest absolute Gasteiger partial charge is 0.481 e. The Hall–Kier alpha value is -3.20. The van der Waals surface area contributed by atoms with Gasteiger partial charge in [0.15, 0.2) is 0 Å². The predicted octanol–water partition coefficient (Wildman–Crippen LogP) is 9.55. The van der Waals surface area contributed by atoms with Crippen LogP contribution >= 0.6 is 0 Å². The highest BCUT2D eigenvalue weighted by molar-refractivity contribution is 5.84. The number of imidazole rings is 1. The summed E-state index contributed by atoms with van der Waals surface area (Å²) in [5.41, 5.74) is 2.59. The van der Waals surface area contributed by atoms with Crippen LogP contribution in [0.5, 0.6) is 0 Å². The van der Waals surface area contributed by atoms with Crippen molar-refractivity contribution in [3.05, 3.63) is 42.4 Å². The van der Waals surface area contributed by atoms with Gasteiger partial charge in [-0.2, -0.15) is 0 Å². The van der Waals surface area contributed by atoms with Gasteiger partial charge >= 0.3 is 11.9 Å². The Balaban J connectivity index is 0.807. The number of rotatable bonds is 8. The number of likely N-dealkylation sites (tertiary alicyclic amines) is 2. The first-order valence-corrected chi connectivity index (χ1v) is 24.0. The molecule has 0 bridgehead atoms. The summed E-state index contributed by atoms with van der Waals surface area (Å²) in [5.74, 6) is 3.12. The second-order valence-corrected chi connectivity index (χ2v) is 21.8. The Kier molecular flexibility index (Phi) is 10.2. The number of fused-ring (bicyclic) bond motifs is 7. The normalized spacial score (nSPS) is 44.2.